The highest BCUT2D eigenvalue weighted by Crippen LogP contribution is 2.44. The van der Waals surface area contributed by atoms with Crippen LogP contribution in [0.4, 0.5) is 4.79 Å². The molecule has 174 valence electrons. The molecule has 7 nitrogen and oxygen atoms in total. The van der Waals surface area contributed by atoms with Crippen LogP contribution in [0.3, 0.4) is 0 Å². The van der Waals surface area contributed by atoms with E-state index in [1.165, 1.54) is 27.2 Å². The number of hydrogen-bond donors (Lipinski definition) is 2. The molecule has 33 heavy (non-hydrogen) atoms. The van der Waals surface area contributed by atoms with Crippen molar-refractivity contribution in [1.82, 2.24) is 10.2 Å². The monoisotopic (exact) mass is 450 g/mol. The second kappa shape index (κ2) is 10.1. The summed E-state index contributed by atoms with van der Waals surface area (Å²) >= 11 is 0. The van der Waals surface area contributed by atoms with Gasteiger partial charge in [-0.3, -0.25) is 4.79 Å². The summed E-state index contributed by atoms with van der Waals surface area (Å²) in [6.07, 6.45) is 1.95. The zero-order valence-electron chi connectivity index (χ0n) is 18.8. The standard InChI is InChI=1S/C26H30N2O5/c1-17(24(29)28-15-7-13-23(28)25(30)31)8-6-14-27-26(32)33-16-22-20-11-4-2-9-18(20)19-10-3-5-12-21(19)22/h2-5,9-12,17,22-23H,6-8,13-16H2,1H3,(H,27,32)(H,30,31). The van der Waals surface area contributed by atoms with Gasteiger partial charge in [0.05, 0.1) is 0 Å². The Bertz CT molecular complexity index is 991. The molecule has 4 rings (SSSR count). The first-order valence-corrected chi connectivity index (χ1v) is 11.6. The average Bonchev–Trinajstić information content (AvgIpc) is 3.43. The molecule has 2 unspecified atom stereocenters. The van der Waals surface area contributed by atoms with Gasteiger partial charge in [0, 0.05) is 24.9 Å². The Morgan fingerprint density at radius 3 is 2.36 bits per heavy atom. The lowest BCUT2D eigenvalue weighted by atomic mass is 9.98. The molecule has 0 saturated carbocycles. The molecule has 0 bridgehead atoms. The first kappa shape index (κ1) is 22.8. The van der Waals surface area contributed by atoms with Gasteiger partial charge < -0.3 is 20.1 Å². The van der Waals surface area contributed by atoms with E-state index in [4.69, 9.17) is 4.74 Å². The molecule has 1 saturated heterocycles. The van der Waals surface area contributed by atoms with E-state index >= 15 is 0 Å². The Kier molecular flexibility index (Phi) is 6.96. The predicted molar refractivity (Wildman–Crippen MR) is 124 cm³/mol. The number of amides is 2. The second-order valence-corrected chi connectivity index (χ2v) is 8.82. The average molecular weight is 451 g/mol. The van der Waals surface area contributed by atoms with Crippen LogP contribution >= 0.6 is 0 Å². The fraction of sp³-hybridized carbons (Fsp3) is 0.423. The van der Waals surface area contributed by atoms with Crippen molar-refractivity contribution < 1.29 is 24.2 Å². The summed E-state index contributed by atoms with van der Waals surface area (Å²) in [5.41, 5.74) is 4.70. The maximum atomic E-state index is 12.6. The summed E-state index contributed by atoms with van der Waals surface area (Å²) in [6.45, 7) is 2.97. The second-order valence-electron chi connectivity index (χ2n) is 8.82. The summed E-state index contributed by atoms with van der Waals surface area (Å²) in [4.78, 5) is 37.6. The third-order valence-corrected chi connectivity index (χ3v) is 6.67. The number of carboxylic acid groups (broad SMARTS) is 1. The molecule has 2 aromatic rings. The lowest BCUT2D eigenvalue weighted by Crippen LogP contribution is -2.43. The number of rotatable bonds is 8. The number of likely N-dealkylation sites (tertiary alicyclic amines) is 1. The van der Waals surface area contributed by atoms with Crippen LogP contribution in [0.5, 0.6) is 0 Å². The number of nitrogens with zero attached hydrogens (tertiary/aromatic N) is 1. The minimum Gasteiger partial charge on any atom is -0.480 e. The fourth-order valence-corrected chi connectivity index (χ4v) is 4.94. The summed E-state index contributed by atoms with van der Waals surface area (Å²) in [6, 6.07) is 15.7. The van der Waals surface area contributed by atoms with Gasteiger partial charge in [0.25, 0.3) is 0 Å². The van der Waals surface area contributed by atoms with Crippen molar-refractivity contribution in [2.75, 3.05) is 19.7 Å². The predicted octanol–water partition coefficient (Wildman–Crippen LogP) is 4.02. The van der Waals surface area contributed by atoms with Crippen molar-refractivity contribution in [3.63, 3.8) is 0 Å². The summed E-state index contributed by atoms with van der Waals surface area (Å²) in [5, 5.41) is 12.0. The van der Waals surface area contributed by atoms with Crippen molar-refractivity contribution in [3.8, 4) is 11.1 Å². The maximum Gasteiger partial charge on any atom is 0.407 e. The summed E-state index contributed by atoms with van der Waals surface area (Å²) in [7, 11) is 0. The molecule has 0 radical (unpaired) electrons. The van der Waals surface area contributed by atoms with Gasteiger partial charge in [-0.2, -0.15) is 0 Å². The van der Waals surface area contributed by atoms with Crippen LogP contribution < -0.4 is 5.32 Å². The number of fused-ring (bicyclic) bond motifs is 3. The Labute approximate surface area is 193 Å². The number of carboxylic acids is 1. The third kappa shape index (κ3) is 4.87. The number of aliphatic carboxylic acids is 1. The van der Waals surface area contributed by atoms with E-state index in [0.717, 1.165) is 6.42 Å². The zero-order chi connectivity index (χ0) is 23.4. The molecule has 1 heterocycles. The number of ether oxygens (including phenoxy) is 1. The number of carbonyl (C=O) groups excluding carboxylic acids is 2. The summed E-state index contributed by atoms with van der Waals surface area (Å²) in [5.74, 6) is -1.33. The zero-order valence-corrected chi connectivity index (χ0v) is 18.8. The van der Waals surface area contributed by atoms with E-state index < -0.39 is 18.1 Å². The first-order chi connectivity index (χ1) is 16.0. The van der Waals surface area contributed by atoms with Crippen molar-refractivity contribution in [2.24, 2.45) is 5.92 Å². The van der Waals surface area contributed by atoms with E-state index in [1.807, 2.05) is 31.2 Å². The van der Waals surface area contributed by atoms with Crippen molar-refractivity contribution in [3.05, 3.63) is 59.7 Å². The van der Waals surface area contributed by atoms with Gasteiger partial charge in [0.15, 0.2) is 0 Å². The Balaban J connectivity index is 1.22. The summed E-state index contributed by atoms with van der Waals surface area (Å²) < 4.78 is 5.53. The normalized spacial score (nSPS) is 17.8. The molecule has 2 atom stereocenters. The van der Waals surface area contributed by atoms with Gasteiger partial charge in [0.1, 0.15) is 12.6 Å². The van der Waals surface area contributed by atoms with E-state index in [1.54, 1.807) is 0 Å². The molecule has 2 amide bonds. The molecular weight excluding hydrogens is 420 g/mol. The van der Waals surface area contributed by atoms with Crippen molar-refractivity contribution in [1.29, 1.82) is 0 Å². The maximum absolute atomic E-state index is 12.6. The fourth-order valence-electron chi connectivity index (χ4n) is 4.94. The lowest BCUT2D eigenvalue weighted by Gasteiger charge is -2.24. The molecule has 1 aliphatic carbocycles. The SMILES string of the molecule is CC(CCCNC(=O)OCC1c2ccccc2-c2ccccc21)C(=O)N1CCCC1C(=O)O. The molecule has 1 aliphatic heterocycles. The van der Waals surface area contributed by atoms with Gasteiger partial charge in [-0.25, -0.2) is 9.59 Å². The smallest absolute Gasteiger partial charge is 0.407 e. The quantitative estimate of drug-likeness (QED) is 0.593. The third-order valence-electron chi connectivity index (χ3n) is 6.67. The molecule has 2 aliphatic rings. The molecule has 2 N–H and O–H groups in total. The van der Waals surface area contributed by atoms with Crippen LogP contribution in [-0.2, 0) is 14.3 Å². The first-order valence-electron chi connectivity index (χ1n) is 11.6. The highest BCUT2D eigenvalue weighted by atomic mass is 16.5. The van der Waals surface area contributed by atoms with Gasteiger partial charge in [-0.05, 0) is 47.9 Å². The Morgan fingerprint density at radius 1 is 1.09 bits per heavy atom. The van der Waals surface area contributed by atoms with Gasteiger partial charge in [0.2, 0.25) is 5.91 Å². The van der Waals surface area contributed by atoms with Crippen LogP contribution in [-0.4, -0.2) is 53.7 Å². The Hall–Kier alpha value is -3.35. The van der Waals surface area contributed by atoms with Crippen LogP contribution in [0.2, 0.25) is 0 Å². The van der Waals surface area contributed by atoms with Crippen LogP contribution in [0.15, 0.2) is 48.5 Å². The number of alkyl carbamates (subject to hydrolysis) is 1. The van der Waals surface area contributed by atoms with Gasteiger partial charge in [-0.15, -0.1) is 0 Å². The topological polar surface area (TPSA) is 95.9 Å². The van der Waals surface area contributed by atoms with Crippen LogP contribution in [0, 0.1) is 5.92 Å². The van der Waals surface area contributed by atoms with Crippen molar-refractivity contribution >= 4 is 18.0 Å². The van der Waals surface area contributed by atoms with E-state index in [2.05, 4.69) is 29.6 Å². The van der Waals surface area contributed by atoms with E-state index in [9.17, 15) is 19.5 Å². The molecule has 0 spiro atoms. The van der Waals surface area contributed by atoms with E-state index in [-0.39, 0.29) is 24.3 Å². The number of nitrogens with one attached hydrogen (secondary N) is 1. The van der Waals surface area contributed by atoms with Gasteiger partial charge in [-0.1, -0.05) is 55.5 Å². The van der Waals surface area contributed by atoms with Crippen molar-refractivity contribution in [2.45, 2.75) is 44.6 Å². The van der Waals surface area contributed by atoms with Crippen LogP contribution in [0.25, 0.3) is 11.1 Å². The largest absolute Gasteiger partial charge is 0.480 e. The molecule has 1 fully saturated rings. The minimum absolute atomic E-state index is 0.0171. The number of hydrogen-bond acceptors (Lipinski definition) is 4. The molecular formula is C26H30N2O5. The number of carbonyl (C=O) groups is 3. The Morgan fingerprint density at radius 2 is 1.73 bits per heavy atom. The minimum atomic E-state index is -0.940. The lowest BCUT2D eigenvalue weighted by molar-refractivity contribution is -0.149. The molecule has 2 aromatic carbocycles. The number of benzene rings is 2. The van der Waals surface area contributed by atoms with Gasteiger partial charge >= 0.3 is 12.1 Å². The molecule has 7 heteroatoms. The highest BCUT2D eigenvalue weighted by Gasteiger charge is 2.35. The molecule has 0 aromatic heterocycles. The highest BCUT2D eigenvalue weighted by molar-refractivity contribution is 5.85. The van der Waals surface area contributed by atoms with E-state index in [0.29, 0.717) is 32.4 Å². The van der Waals surface area contributed by atoms with Crippen LogP contribution in [0.1, 0.15) is 49.7 Å².